The highest BCUT2D eigenvalue weighted by atomic mass is 16.6. The summed E-state index contributed by atoms with van der Waals surface area (Å²) in [4.78, 5) is 43.9. The normalized spacial score (nSPS) is 34.8. The monoisotopic (exact) mass is 546 g/mol. The topological polar surface area (TPSA) is 258 Å². The van der Waals surface area contributed by atoms with Crippen molar-refractivity contribution < 1.29 is 74.2 Å². The minimum absolute atomic E-state index is 0.0469. The van der Waals surface area contributed by atoms with E-state index >= 15 is 0 Å². The fraction of sp³-hybridized carbons (Fsp3) is 0.565. The van der Waals surface area contributed by atoms with Crippen LogP contribution in [-0.4, -0.2) is 127 Å². The lowest BCUT2D eigenvalue weighted by Crippen LogP contribution is -2.63. The second-order valence-electron chi connectivity index (χ2n) is 8.71. The summed E-state index contributed by atoms with van der Waals surface area (Å²) >= 11 is 0. The van der Waals surface area contributed by atoms with Gasteiger partial charge in [-0.25, -0.2) is 14.4 Å². The van der Waals surface area contributed by atoms with Crippen molar-refractivity contribution in [1.29, 1.82) is 0 Å². The Morgan fingerprint density at radius 1 is 0.816 bits per heavy atom. The summed E-state index contributed by atoms with van der Waals surface area (Å²) < 4.78 is 15.0. The molecule has 1 aliphatic carbocycles. The van der Waals surface area contributed by atoms with E-state index in [1.165, 1.54) is 26.2 Å². The van der Waals surface area contributed by atoms with Gasteiger partial charge in [0.2, 0.25) is 0 Å². The van der Waals surface area contributed by atoms with Gasteiger partial charge in [0, 0.05) is 0 Å². The van der Waals surface area contributed by atoms with Crippen molar-refractivity contribution in [2.75, 3.05) is 7.11 Å². The number of methoxy groups -OCH3 is 1. The highest BCUT2D eigenvalue weighted by molar-refractivity contribution is 6.02. The van der Waals surface area contributed by atoms with Crippen LogP contribution in [0.2, 0.25) is 0 Å². The van der Waals surface area contributed by atoms with Gasteiger partial charge in [-0.3, -0.25) is 4.79 Å². The minimum atomic E-state index is -1.80. The summed E-state index contributed by atoms with van der Waals surface area (Å²) in [6.45, 7) is 1.38. The van der Waals surface area contributed by atoms with E-state index < -0.39 is 84.7 Å². The smallest absolute Gasteiger partial charge is 0.338 e. The first-order valence-electron chi connectivity index (χ1n) is 11.3. The highest BCUT2D eigenvalue weighted by Gasteiger charge is 2.51. The molecule has 8 N–H and O–H groups in total. The predicted octanol–water partition coefficient (Wildman–Crippen LogP) is -2.31. The number of carbonyl (C=O) groups excluding carboxylic acids is 1. The number of carbonyl (C=O) groups is 4. The lowest BCUT2D eigenvalue weighted by atomic mass is 9.80. The Hall–Kier alpha value is -3.18. The predicted molar refractivity (Wildman–Crippen MR) is 121 cm³/mol. The van der Waals surface area contributed by atoms with Crippen LogP contribution in [0.4, 0.5) is 0 Å². The van der Waals surface area contributed by atoms with Crippen LogP contribution in [0.25, 0.3) is 0 Å². The fourth-order valence-corrected chi connectivity index (χ4v) is 4.17. The molecule has 212 valence electrons. The highest BCUT2D eigenvalue weighted by Crippen LogP contribution is 2.32. The standard InChI is InChI=1S/C14H22O11.C9H8O4/c1-3-11(9(18)10(19)12(24-3)14(22)23)25-5-2-4(13(20)21)6(15)8(17)7(5)16;1-13-9(12)7-5-3-2-4-6(7)8(10)11/h3-12,15-19H,2H2,1H3,(H,20,21)(H,22,23);2-5H,1H3,(H,10,11). The van der Waals surface area contributed by atoms with E-state index in [0.29, 0.717) is 0 Å². The average molecular weight is 546 g/mol. The Morgan fingerprint density at radius 2 is 1.39 bits per heavy atom. The molecular formula is C23H30O15. The van der Waals surface area contributed by atoms with Crippen LogP contribution in [0.15, 0.2) is 24.3 Å². The third-order valence-corrected chi connectivity index (χ3v) is 6.26. The van der Waals surface area contributed by atoms with Gasteiger partial charge >= 0.3 is 23.9 Å². The maximum absolute atomic E-state index is 11.2. The molecule has 10 unspecified atom stereocenters. The van der Waals surface area contributed by atoms with Crippen molar-refractivity contribution in [1.82, 2.24) is 0 Å². The number of ether oxygens (including phenoxy) is 3. The number of rotatable bonds is 6. The van der Waals surface area contributed by atoms with Crippen molar-refractivity contribution in [3.05, 3.63) is 35.4 Å². The maximum atomic E-state index is 11.2. The van der Waals surface area contributed by atoms with Crippen LogP contribution in [0, 0.1) is 5.92 Å². The van der Waals surface area contributed by atoms with E-state index in [-0.39, 0.29) is 17.5 Å². The maximum Gasteiger partial charge on any atom is 0.338 e. The molecule has 15 nitrogen and oxygen atoms in total. The zero-order chi connectivity index (χ0) is 28.9. The molecule has 0 aromatic heterocycles. The molecule has 38 heavy (non-hydrogen) atoms. The summed E-state index contributed by atoms with van der Waals surface area (Å²) in [6, 6.07) is 5.90. The molecule has 10 atom stereocenters. The molecule has 0 bridgehead atoms. The van der Waals surface area contributed by atoms with Crippen LogP contribution in [0.1, 0.15) is 34.1 Å². The quantitative estimate of drug-likeness (QED) is 0.174. The van der Waals surface area contributed by atoms with Crippen molar-refractivity contribution in [2.24, 2.45) is 5.92 Å². The second-order valence-corrected chi connectivity index (χ2v) is 8.71. The SMILES string of the molecule is CC1OC(C(=O)O)C(O)C(O)C1OC1CC(C(=O)O)C(O)C(O)C1O.COC(=O)c1ccccc1C(=O)O. The molecule has 1 saturated carbocycles. The van der Waals surface area contributed by atoms with Crippen LogP contribution in [-0.2, 0) is 23.8 Å². The van der Waals surface area contributed by atoms with E-state index in [1.54, 1.807) is 12.1 Å². The Balaban J connectivity index is 0.000000328. The van der Waals surface area contributed by atoms with E-state index in [0.717, 1.165) is 0 Å². The average Bonchev–Trinajstić information content (AvgIpc) is 2.87. The lowest BCUT2D eigenvalue weighted by molar-refractivity contribution is -0.263. The first-order valence-corrected chi connectivity index (χ1v) is 11.3. The molecule has 2 fully saturated rings. The van der Waals surface area contributed by atoms with Gasteiger partial charge in [-0.15, -0.1) is 0 Å². The van der Waals surface area contributed by atoms with Gasteiger partial charge in [-0.2, -0.15) is 0 Å². The van der Waals surface area contributed by atoms with Gasteiger partial charge in [0.1, 0.15) is 30.5 Å². The van der Waals surface area contributed by atoms with Crippen LogP contribution >= 0.6 is 0 Å². The zero-order valence-corrected chi connectivity index (χ0v) is 20.2. The molecule has 3 rings (SSSR count). The number of aliphatic carboxylic acids is 2. The number of benzene rings is 1. The van der Waals surface area contributed by atoms with E-state index in [4.69, 9.17) is 24.8 Å². The number of hydrogen-bond acceptors (Lipinski definition) is 12. The molecule has 0 spiro atoms. The summed E-state index contributed by atoms with van der Waals surface area (Å²) in [6.07, 6.45) is -14.2. The molecular weight excluding hydrogens is 516 g/mol. The van der Waals surface area contributed by atoms with Crippen LogP contribution in [0.3, 0.4) is 0 Å². The lowest BCUT2D eigenvalue weighted by Gasteiger charge is -2.44. The van der Waals surface area contributed by atoms with E-state index in [1.807, 2.05) is 0 Å². The molecule has 1 heterocycles. The van der Waals surface area contributed by atoms with Crippen molar-refractivity contribution >= 4 is 23.9 Å². The summed E-state index contributed by atoms with van der Waals surface area (Å²) in [5.74, 6) is -6.05. The molecule has 1 aliphatic heterocycles. The largest absolute Gasteiger partial charge is 0.481 e. The zero-order valence-electron chi connectivity index (χ0n) is 20.2. The van der Waals surface area contributed by atoms with E-state index in [2.05, 4.69) is 4.74 Å². The Kier molecular flexibility index (Phi) is 10.7. The minimum Gasteiger partial charge on any atom is -0.481 e. The molecule has 1 aromatic carbocycles. The first-order chi connectivity index (χ1) is 17.7. The number of aliphatic hydroxyl groups is 5. The van der Waals surface area contributed by atoms with Gasteiger partial charge in [0.15, 0.2) is 6.10 Å². The number of carboxylic acids is 3. The summed E-state index contributed by atoms with van der Waals surface area (Å²) in [5.41, 5.74) is 0.0202. The molecule has 1 saturated heterocycles. The number of hydrogen-bond donors (Lipinski definition) is 8. The van der Waals surface area contributed by atoms with Crippen molar-refractivity contribution in [3.8, 4) is 0 Å². The van der Waals surface area contributed by atoms with Gasteiger partial charge in [-0.1, -0.05) is 12.1 Å². The Bertz CT molecular complexity index is 1010. The third-order valence-electron chi connectivity index (χ3n) is 6.26. The Labute approximate surface area is 215 Å². The molecule has 0 radical (unpaired) electrons. The number of esters is 1. The fourth-order valence-electron chi connectivity index (χ4n) is 4.17. The van der Waals surface area contributed by atoms with Gasteiger partial charge in [0.25, 0.3) is 0 Å². The van der Waals surface area contributed by atoms with E-state index in [9.17, 15) is 44.7 Å². The third kappa shape index (κ3) is 6.82. The second kappa shape index (κ2) is 13.1. The van der Waals surface area contributed by atoms with Gasteiger partial charge in [-0.05, 0) is 25.5 Å². The summed E-state index contributed by atoms with van der Waals surface area (Å²) in [5, 5.41) is 76.2. The number of aliphatic hydroxyl groups excluding tert-OH is 5. The number of carboxylic acid groups (broad SMARTS) is 3. The summed E-state index contributed by atoms with van der Waals surface area (Å²) in [7, 11) is 1.21. The van der Waals surface area contributed by atoms with Crippen LogP contribution < -0.4 is 0 Å². The van der Waals surface area contributed by atoms with Crippen molar-refractivity contribution in [3.63, 3.8) is 0 Å². The van der Waals surface area contributed by atoms with Gasteiger partial charge < -0.3 is 55.1 Å². The van der Waals surface area contributed by atoms with Crippen molar-refractivity contribution in [2.45, 2.75) is 68.3 Å². The molecule has 0 amide bonds. The van der Waals surface area contributed by atoms with Gasteiger partial charge in [0.05, 0.1) is 42.5 Å². The number of aromatic carboxylic acids is 1. The molecule has 2 aliphatic rings. The van der Waals surface area contributed by atoms with Crippen LogP contribution in [0.5, 0.6) is 0 Å². The Morgan fingerprint density at radius 3 is 1.89 bits per heavy atom. The first kappa shape index (κ1) is 31.0. The molecule has 1 aromatic rings. The molecule has 15 heteroatoms.